The third kappa shape index (κ3) is 4.61. The molecule has 2 aliphatic rings. The Labute approximate surface area is 156 Å². The zero-order chi connectivity index (χ0) is 18.4. The van der Waals surface area contributed by atoms with E-state index in [0.29, 0.717) is 23.5 Å². The van der Waals surface area contributed by atoms with Gasteiger partial charge in [0.05, 0.1) is 34.0 Å². The van der Waals surface area contributed by atoms with Crippen molar-refractivity contribution in [3.63, 3.8) is 0 Å². The fraction of sp³-hybridized carbons (Fsp3) is 0.700. The number of ether oxygens (including phenoxy) is 5. The lowest BCUT2D eigenvalue weighted by Gasteiger charge is -2.28. The maximum atomic E-state index is 5.87. The van der Waals surface area contributed by atoms with Crippen LogP contribution in [0.15, 0.2) is 12.1 Å². The summed E-state index contributed by atoms with van der Waals surface area (Å²) in [6.07, 6.45) is 3.75. The topological polar surface area (TPSA) is 49.4 Å². The summed E-state index contributed by atoms with van der Waals surface area (Å²) < 4.78 is 28.0. The van der Waals surface area contributed by atoms with E-state index in [0.717, 1.165) is 70.0 Å². The van der Waals surface area contributed by atoms with E-state index < -0.39 is 0 Å². The van der Waals surface area contributed by atoms with Crippen molar-refractivity contribution >= 4 is 0 Å². The number of hydrogen-bond donors (Lipinski definition) is 0. The van der Waals surface area contributed by atoms with Crippen molar-refractivity contribution < 1.29 is 23.7 Å². The second-order valence-electron chi connectivity index (χ2n) is 7.05. The first-order chi connectivity index (χ1) is 12.7. The van der Waals surface area contributed by atoms with Crippen LogP contribution in [0.1, 0.15) is 24.8 Å². The van der Waals surface area contributed by atoms with Crippen LogP contribution in [0.5, 0.6) is 17.2 Å². The Hall–Kier alpha value is -1.50. The van der Waals surface area contributed by atoms with Crippen molar-refractivity contribution in [3.8, 4) is 17.2 Å². The first-order valence-electron chi connectivity index (χ1n) is 9.44. The van der Waals surface area contributed by atoms with Gasteiger partial charge < -0.3 is 23.7 Å². The summed E-state index contributed by atoms with van der Waals surface area (Å²) in [6.45, 7) is 5.35. The van der Waals surface area contributed by atoms with E-state index >= 15 is 0 Å². The molecular weight excluding hydrogens is 334 g/mol. The molecule has 1 aromatic rings. The van der Waals surface area contributed by atoms with Gasteiger partial charge >= 0.3 is 0 Å². The third-order valence-electron chi connectivity index (χ3n) is 5.21. The van der Waals surface area contributed by atoms with Crippen molar-refractivity contribution in [1.82, 2.24) is 4.90 Å². The standard InChI is InChI=1S/C20H31NO5/c1-22-18-7-6-16(19(23-2)20(18)24-3)12-21(11-15-8-10-25-14-15)13-17-5-4-9-26-17/h6-7,15,17H,4-5,8-14H2,1-3H3. The molecule has 146 valence electrons. The highest BCUT2D eigenvalue weighted by Crippen LogP contribution is 2.40. The van der Waals surface area contributed by atoms with Crippen molar-refractivity contribution in [1.29, 1.82) is 0 Å². The molecule has 0 saturated carbocycles. The highest BCUT2D eigenvalue weighted by molar-refractivity contribution is 5.55. The van der Waals surface area contributed by atoms with E-state index in [1.807, 2.05) is 6.07 Å². The van der Waals surface area contributed by atoms with Crippen LogP contribution < -0.4 is 14.2 Å². The van der Waals surface area contributed by atoms with Crippen molar-refractivity contribution in [2.24, 2.45) is 5.92 Å². The normalized spacial score (nSPS) is 22.8. The Balaban J connectivity index is 1.77. The number of rotatable bonds is 9. The van der Waals surface area contributed by atoms with Crippen LogP contribution in [0.3, 0.4) is 0 Å². The minimum Gasteiger partial charge on any atom is -0.493 e. The van der Waals surface area contributed by atoms with Gasteiger partial charge in [-0.1, -0.05) is 6.07 Å². The van der Waals surface area contributed by atoms with Gasteiger partial charge in [-0.2, -0.15) is 0 Å². The lowest BCUT2D eigenvalue weighted by molar-refractivity contribution is 0.0628. The van der Waals surface area contributed by atoms with Gasteiger partial charge in [0.15, 0.2) is 11.5 Å². The molecule has 2 atom stereocenters. The van der Waals surface area contributed by atoms with Crippen molar-refractivity contribution in [2.45, 2.75) is 31.9 Å². The van der Waals surface area contributed by atoms with Gasteiger partial charge in [-0.15, -0.1) is 0 Å². The first-order valence-corrected chi connectivity index (χ1v) is 9.44. The third-order valence-corrected chi connectivity index (χ3v) is 5.21. The fourth-order valence-corrected chi connectivity index (χ4v) is 3.90. The van der Waals surface area contributed by atoms with Crippen LogP contribution in [0.25, 0.3) is 0 Å². The Morgan fingerprint density at radius 1 is 1.00 bits per heavy atom. The Morgan fingerprint density at radius 2 is 1.85 bits per heavy atom. The highest BCUT2D eigenvalue weighted by atomic mass is 16.5. The molecule has 2 aliphatic heterocycles. The summed E-state index contributed by atoms with van der Waals surface area (Å²) in [5, 5.41) is 0. The zero-order valence-electron chi connectivity index (χ0n) is 16.2. The molecule has 2 saturated heterocycles. The smallest absolute Gasteiger partial charge is 0.203 e. The van der Waals surface area contributed by atoms with Crippen LogP contribution in [-0.2, 0) is 16.0 Å². The highest BCUT2D eigenvalue weighted by Gasteiger charge is 2.25. The van der Waals surface area contributed by atoms with Crippen molar-refractivity contribution in [3.05, 3.63) is 17.7 Å². The molecule has 0 amide bonds. The average Bonchev–Trinajstić information content (AvgIpc) is 3.35. The van der Waals surface area contributed by atoms with Gasteiger partial charge in [-0.25, -0.2) is 0 Å². The van der Waals surface area contributed by atoms with Crippen LogP contribution in [0, 0.1) is 5.92 Å². The molecular formula is C20H31NO5. The SMILES string of the molecule is COc1ccc(CN(CC2CCOC2)CC2CCCO2)c(OC)c1OC. The summed E-state index contributed by atoms with van der Waals surface area (Å²) in [4.78, 5) is 2.47. The Bertz CT molecular complexity index is 550. The lowest BCUT2D eigenvalue weighted by atomic mass is 10.1. The fourth-order valence-electron chi connectivity index (χ4n) is 3.90. The molecule has 0 aliphatic carbocycles. The Morgan fingerprint density at radius 3 is 2.46 bits per heavy atom. The van der Waals surface area contributed by atoms with Gasteiger partial charge in [-0.3, -0.25) is 4.90 Å². The van der Waals surface area contributed by atoms with E-state index in [4.69, 9.17) is 23.7 Å². The van der Waals surface area contributed by atoms with Crippen LogP contribution in [0.2, 0.25) is 0 Å². The summed E-state index contributed by atoms with van der Waals surface area (Å²) in [7, 11) is 4.96. The molecule has 2 unspecified atom stereocenters. The van der Waals surface area contributed by atoms with Crippen LogP contribution >= 0.6 is 0 Å². The van der Waals surface area contributed by atoms with E-state index in [9.17, 15) is 0 Å². The predicted molar refractivity (Wildman–Crippen MR) is 99.3 cm³/mol. The number of nitrogens with zero attached hydrogens (tertiary/aromatic N) is 1. The molecule has 26 heavy (non-hydrogen) atoms. The van der Waals surface area contributed by atoms with Gasteiger partial charge in [0.2, 0.25) is 5.75 Å². The molecule has 0 spiro atoms. The number of hydrogen-bond acceptors (Lipinski definition) is 6. The predicted octanol–water partition coefficient (Wildman–Crippen LogP) is 2.73. The molecule has 6 heteroatoms. The lowest BCUT2D eigenvalue weighted by Crippen LogP contribution is -2.36. The molecule has 2 heterocycles. The van der Waals surface area contributed by atoms with E-state index in [1.54, 1.807) is 21.3 Å². The second kappa shape index (κ2) is 9.44. The van der Waals surface area contributed by atoms with Crippen molar-refractivity contribution in [2.75, 3.05) is 54.2 Å². The minimum absolute atomic E-state index is 0.323. The summed E-state index contributed by atoms with van der Waals surface area (Å²) in [5.74, 6) is 2.66. The molecule has 0 N–H and O–H groups in total. The zero-order valence-corrected chi connectivity index (χ0v) is 16.2. The van der Waals surface area contributed by atoms with E-state index in [-0.39, 0.29) is 0 Å². The molecule has 0 aromatic heterocycles. The summed E-state index contributed by atoms with van der Waals surface area (Å²) >= 11 is 0. The monoisotopic (exact) mass is 365 g/mol. The number of methoxy groups -OCH3 is 3. The maximum absolute atomic E-state index is 5.87. The second-order valence-corrected chi connectivity index (χ2v) is 7.05. The van der Waals surface area contributed by atoms with E-state index in [2.05, 4.69) is 11.0 Å². The van der Waals surface area contributed by atoms with Gasteiger partial charge in [0.1, 0.15) is 0 Å². The van der Waals surface area contributed by atoms with E-state index in [1.165, 1.54) is 0 Å². The molecule has 0 radical (unpaired) electrons. The quantitative estimate of drug-likeness (QED) is 0.671. The average molecular weight is 365 g/mol. The van der Waals surface area contributed by atoms with Crippen LogP contribution in [0.4, 0.5) is 0 Å². The maximum Gasteiger partial charge on any atom is 0.203 e. The molecule has 3 rings (SSSR count). The summed E-state index contributed by atoms with van der Waals surface area (Å²) in [5.41, 5.74) is 1.10. The Kier molecular flexibility index (Phi) is 7.00. The number of benzene rings is 1. The summed E-state index contributed by atoms with van der Waals surface area (Å²) in [6, 6.07) is 4.01. The molecule has 2 fully saturated rings. The first kappa shape index (κ1) is 19.3. The molecule has 0 bridgehead atoms. The largest absolute Gasteiger partial charge is 0.493 e. The minimum atomic E-state index is 0.323. The molecule has 6 nitrogen and oxygen atoms in total. The molecule has 1 aromatic carbocycles. The van der Waals surface area contributed by atoms with Gasteiger partial charge in [0.25, 0.3) is 0 Å². The van der Waals surface area contributed by atoms with Gasteiger partial charge in [-0.05, 0) is 31.2 Å². The van der Waals surface area contributed by atoms with Gasteiger partial charge in [0, 0.05) is 38.4 Å². The van der Waals surface area contributed by atoms with Crippen LogP contribution in [-0.4, -0.2) is 65.2 Å².